The molecule has 4 N–H and O–H groups in total. The Morgan fingerprint density at radius 1 is 1.30 bits per heavy atom. The van der Waals surface area contributed by atoms with Gasteiger partial charge in [0, 0.05) is 17.5 Å². The summed E-state index contributed by atoms with van der Waals surface area (Å²) in [5.41, 5.74) is 5.95. The lowest BCUT2D eigenvalue weighted by Gasteiger charge is -2.29. The first-order valence-corrected chi connectivity index (χ1v) is 7.28. The van der Waals surface area contributed by atoms with Crippen LogP contribution in [0.5, 0.6) is 0 Å². The van der Waals surface area contributed by atoms with Gasteiger partial charge in [-0.25, -0.2) is 0 Å². The van der Waals surface area contributed by atoms with Crippen LogP contribution in [0.2, 0.25) is 10.0 Å². The number of rotatable bonds is 6. The number of nitrogens with one attached hydrogen (secondary N) is 1. The number of aliphatic hydroxyl groups excluding tert-OH is 1. The maximum atomic E-state index is 12.1. The van der Waals surface area contributed by atoms with Gasteiger partial charge in [0.25, 0.3) is 5.91 Å². The average molecular weight is 319 g/mol. The molecular formula is C14H20Cl2N2O2. The Kier molecular flexibility index (Phi) is 6.11. The Balaban J connectivity index is 2.82. The summed E-state index contributed by atoms with van der Waals surface area (Å²) in [6, 6.07) is 2.97. The highest BCUT2D eigenvalue weighted by Gasteiger charge is 2.26. The molecule has 112 valence electrons. The Labute approximate surface area is 129 Å². The topological polar surface area (TPSA) is 75.3 Å². The molecule has 1 aromatic carbocycles. The molecule has 1 amide bonds. The fourth-order valence-corrected chi connectivity index (χ4v) is 2.35. The first-order chi connectivity index (χ1) is 9.39. The number of hydrogen-bond acceptors (Lipinski definition) is 3. The molecule has 1 aromatic rings. The third-order valence-electron chi connectivity index (χ3n) is 3.80. The molecule has 0 saturated carbocycles. The Morgan fingerprint density at radius 3 is 2.20 bits per heavy atom. The zero-order valence-corrected chi connectivity index (χ0v) is 13.2. The van der Waals surface area contributed by atoms with E-state index in [0.29, 0.717) is 12.1 Å². The Bertz CT molecular complexity index is 457. The maximum Gasteiger partial charge on any atom is 0.251 e. The number of nitrogen functional groups attached to an aromatic ring is 1. The van der Waals surface area contributed by atoms with Crippen LogP contribution in [0.4, 0.5) is 5.69 Å². The molecule has 0 atom stereocenters. The van der Waals surface area contributed by atoms with Gasteiger partial charge in [-0.2, -0.15) is 0 Å². The van der Waals surface area contributed by atoms with Gasteiger partial charge >= 0.3 is 0 Å². The van der Waals surface area contributed by atoms with Gasteiger partial charge in [0.05, 0.1) is 22.3 Å². The van der Waals surface area contributed by atoms with Crippen molar-refractivity contribution in [3.8, 4) is 0 Å². The van der Waals surface area contributed by atoms with Crippen molar-refractivity contribution in [2.75, 3.05) is 18.9 Å². The second kappa shape index (κ2) is 7.16. The van der Waals surface area contributed by atoms with Gasteiger partial charge in [-0.15, -0.1) is 0 Å². The van der Waals surface area contributed by atoms with Gasteiger partial charge in [0.1, 0.15) is 0 Å². The molecule has 6 heteroatoms. The van der Waals surface area contributed by atoms with Crippen molar-refractivity contribution in [2.24, 2.45) is 5.41 Å². The molecule has 0 aliphatic rings. The number of nitrogens with two attached hydrogens (primary N) is 1. The molecule has 0 fully saturated rings. The zero-order chi connectivity index (χ0) is 15.3. The lowest BCUT2D eigenvalue weighted by atomic mass is 9.83. The minimum Gasteiger partial charge on any atom is -0.396 e. The SMILES string of the molecule is CCC(CC)(CO)CNC(=O)c1cc(Cl)c(N)c(Cl)c1. The molecule has 0 aliphatic carbocycles. The van der Waals surface area contributed by atoms with Crippen LogP contribution >= 0.6 is 23.2 Å². The van der Waals surface area contributed by atoms with Crippen LogP contribution in [-0.4, -0.2) is 24.2 Å². The zero-order valence-electron chi connectivity index (χ0n) is 11.7. The summed E-state index contributed by atoms with van der Waals surface area (Å²) in [6.07, 6.45) is 1.56. The molecule has 0 aromatic heterocycles. The second-order valence-electron chi connectivity index (χ2n) is 4.90. The summed E-state index contributed by atoms with van der Waals surface area (Å²) < 4.78 is 0. The van der Waals surface area contributed by atoms with Gasteiger partial charge in [-0.3, -0.25) is 4.79 Å². The van der Waals surface area contributed by atoms with Crippen LogP contribution in [0.3, 0.4) is 0 Å². The van der Waals surface area contributed by atoms with Gasteiger partial charge in [-0.05, 0) is 25.0 Å². The fourth-order valence-electron chi connectivity index (χ4n) is 1.86. The summed E-state index contributed by atoms with van der Waals surface area (Å²) >= 11 is 11.8. The van der Waals surface area contributed by atoms with E-state index in [-0.39, 0.29) is 33.7 Å². The van der Waals surface area contributed by atoms with Crippen molar-refractivity contribution in [1.29, 1.82) is 0 Å². The van der Waals surface area contributed by atoms with Gasteiger partial charge in [0.2, 0.25) is 0 Å². The lowest BCUT2D eigenvalue weighted by molar-refractivity contribution is 0.0851. The van der Waals surface area contributed by atoms with Crippen molar-refractivity contribution >= 4 is 34.8 Å². The number of halogens is 2. The van der Waals surface area contributed by atoms with E-state index >= 15 is 0 Å². The first kappa shape index (κ1) is 17.1. The van der Waals surface area contributed by atoms with Crippen LogP contribution in [-0.2, 0) is 0 Å². The highest BCUT2D eigenvalue weighted by molar-refractivity contribution is 6.39. The third kappa shape index (κ3) is 3.78. The summed E-state index contributed by atoms with van der Waals surface area (Å²) in [6.45, 7) is 4.41. The number of amides is 1. The fraction of sp³-hybridized carbons (Fsp3) is 0.500. The van der Waals surface area contributed by atoms with E-state index in [9.17, 15) is 9.90 Å². The van der Waals surface area contributed by atoms with Crippen LogP contribution in [0, 0.1) is 5.41 Å². The van der Waals surface area contributed by atoms with Crippen LogP contribution in [0.25, 0.3) is 0 Å². The number of anilines is 1. The van der Waals surface area contributed by atoms with E-state index in [0.717, 1.165) is 12.8 Å². The van der Waals surface area contributed by atoms with E-state index in [1.54, 1.807) is 0 Å². The lowest BCUT2D eigenvalue weighted by Crippen LogP contribution is -2.39. The predicted octanol–water partition coefficient (Wildman–Crippen LogP) is 3.10. The predicted molar refractivity (Wildman–Crippen MR) is 83.3 cm³/mol. The van der Waals surface area contributed by atoms with E-state index in [1.807, 2.05) is 13.8 Å². The number of carbonyl (C=O) groups is 1. The van der Waals surface area contributed by atoms with Crippen molar-refractivity contribution in [3.05, 3.63) is 27.7 Å². The number of hydrogen-bond donors (Lipinski definition) is 3. The average Bonchev–Trinajstić information content (AvgIpc) is 2.46. The molecule has 0 aliphatic heterocycles. The standard InChI is InChI=1S/C14H20Cl2N2O2/c1-3-14(4-2,8-19)7-18-13(20)9-5-10(15)12(17)11(16)6-9/h5-6,19H,3-4,7-8,17H2,1-2H3,(H,18,20). The Morgan fingerprint density at radius 2 is 1.80 bits per heavy atom. The molecule has 0 bridgehead atoms. The first-order valence-electron chi connectivity index (χ1n) is 6.52. The smallest absolute Gasteiger partial charge is 0.251 e. The maximum absolute atomic E-state index is 12.1. The van der Waals surface area contributed by atoms with Gasteiger partial charge in [0.15, 0.2) is 0 Å². The molecule has 0 unspecified atom stereocenters. The third-order valence-corrected chi connectivity index (χ3v) is 4.43. The highest BCUT2D eigenvalue weighted by Crippen LogP contribution is 2.29. The molecule has 0 spiro atoms. The quantitative estimate of drug-likeness (QED) is 0.705. The Hall–Kier alpha value is -0.970. The van der Waals surface area contributed by atoms with E-state index in [2.05, 4.69) is 5.32 Å². The molecule has 0 radical (unpaired) electrons. The molecule has 1 rings (SSSR count). The van der Waals surface area contributed by atoms with Crippen molar-refractivity contribution in [3.63, 3.8) is 0 Å². The summed E-state index contributed by atoms with van der Waals surface area (Å²) in [7, 11) is 0. The van der Waals surface area contributed by atoms with E-state index in [1.165, 1.54) is 12.1 Å². The van der Waals surface area contributed by atoms with E-state index in [4.69, 9.17) is 28.9 Å². The summed E-state index contributed by atoms with van der Waals surface area (Å²) in [5, 5.41) is 12.8. The number of aliphatic hydroxyl groups is 1. The molecule has 20 heavy (non-hydrogen) atoms. The van der Waals surface area contributed by atoms with E-state index < -0.39 is 0 Å². The second-order valence-corrected chi connectivity index (χ2v) is 5.72. The molecule has 4 nitrogen and oxygen atoms in total. The van der Waals surface area contributed by atoms with Crippen LogP contribution < -0.4 is 11.1 Å². The normalized spacial score (nSPS) is 11.4. The monoisotopic (exact) mass is 318 g/mol. The van der Waals surface area contributed by atoms with Crippen molar-refractivity contribution in [2.45, 2.75) is 26.7 Å². The largest absolute Gasteiger partial charge is 0.396 e. The van der Waals surface area contributed by atoms with Crippen LogP contribution in [0.1, 0.15) is 37.0 Å². The molecule has 0 saturated heterocycles. The highest BCUT2D eigenvalue weighted by atomic mass is 35.5. The van der Waals surface area contributed by atoms with Crippen LogP contribution in [0.15, 0.2) is 12.1 Å². The number of carbonyl (C=O) groups excluding carboxylic acids is 1. The van der Waals surface area contributed by atoms with Crippen molar-refractivity contribution < 1.29 is 9.90 Å². The minimum absolute atomic E-state index is 0.0313. The summed E-state index contributed by atoms with van der Waals surface area (Å²) in [4.78, 5) is 12.1. The number of benzene rings is 1. The van der Waals surface area contributed by atoms with Gasteiger partial charge in [-0.1, -0.05) is 37.0 Å². The van der Waals surface area contributed by atoms with Gasteiger partial charge < -0.3 is 16.2 Å². The summed E-state index contributed by atoms with van der Waals surface area (Å²) in [5.74, 6) is -0.284. The molecular weight excluding hydrogens is 299 g/mol. The molecule has 0 heterocycles. The minimum atomic E-state index is -0.295. The van der Waals surface area contributed by atoms with Crippen molar-refractivity contribution in [1.82, 2.24) is 5.32 Å².